The lowest BCUT2D eigenvalue weighted by atomic mass is 9.91. The average molecular weight is 725 g/mol. The van der Waals surface area contributed by atoms with Gasteiger partial charge in [-0.2, -0.15) is 0 Å². The van der Waals surface area contributed by atoms with Crippen LogP contribution in [-0.4, -0.2) is 84.6 Å². The molecule has 4 heterocycles. The SMILES string of the molecule is Cc1ccc(C(=O)N2CCC(O)(Cn3cnc4c(cc(Cl)n4-c4ccc([C@H]5CO[C@H](C)CN5C(=O)OC(C)(C)C)c(C)c4)c3=O)CC2)c(Cl)c1. The molecule has 2 aromatic carbocycles. The number of rotatable bonds is 5. The Morgan fingerprint density at radius 3 is 2.46 bits per heavy atom. The van der Waals surface area contributed by atoms with Crippen molar-refractivity contribution < 1.29 is 24.2 Å². The zero-order valence-corrected chi connectivity index (χ0v) is 30.7. The summed E-state index contributed by atoms with van der Waals surface area (Å²) in [6.07, 6.45) is 1.49. The van der Waals surface area contributed by atoms with Gasteiger partial charge in [-0.25, -0.2) is 9.78 Å². The van der Waals surface area contributed by atoms with E-state index in [0.717, 1.165) is 16.7 Å². The number of hydrogen-bond acceptors (Lipinski definition) is 7. The molecule has 4 aromatic rings. The van der Waals surface area contributed by atoms with Gasteiger partial charge in [0.25, 0.3) is 11.5 Å². The molecule has 6 rings (SSSR count). The highest BCUT2D eigenvalue weighted by molar-refractivity contribution is 6.34. The highest BCUT2D eigenvalue weighted by Crippen LogP contribution is 2.33. The second-order valence-electron chi connectivity index (χ2n) is 14.6. The summed E-state index contributed by atoms with van der Waals surface area (Å²) in [5.74, 6) is -0.182. The minimum Gasteiger partial charge on any atom is -0.444 e. The Kier molecular flexibility index (Phi) is 9.82. The summed E-state index contributed by atoms with van der Waals surface area (Å²) in [6.45, 7) is 12.7. The second kappa shape index (κ2) is 13.7. The number of amides is 2. The summed E-state index contributed by atoms with van der Waals surface area (Å²) in [4.78, 5) is 48.0. The molecule has 50 heavy (non-hydrogen) atoms. The second-order valence-corrected chi connectivity index (χ2v) is 15.3. The Labute approximate surface area is 301 Å². The molecule has 0 radical (unpaired) electrons. The molecule has 13 heteroatoms. The number of ether oxygens (including phenoxy) is 2. The molecule has 2 amide bonds. The third kappa shape index (κ3) is 7.28. The number of morpholine rings is 1. The number of nitrogens with zero attached hydrogens (tertiary/aromatic N) is 5. The van der Waals surface area contributed by atoms with Crippen molar-refractivity contribution in [3.63, 3.8) is 0 Å². The topological polar surface area (TPSA) is 119 Å². The van der Waals surface area contributed by atoms with Crippen LogP contribution in [0, 0.1) is 13.8 Å². The fourth-order valence-electron chi connectivity index (χ4n) is 6.76. The quantitative estimate of drug-likeness (QED) is 0.251. The number of aromatic nitrogens is 3. The van der Waals surface area contributed by atoms with Crippen LogP contribution in [0.5, 0.6) is 0 Å². The molecule has 266 valence electrons. The van der Waals surface area contributed by atoms with Gasteiger partial charge in [0, 0.05) is 18.8 Å². The van der Waals surface area contributed by atoms with Crippen LogP contribution in [0.3, 0.4) is 0 Å². The first-order valence-corrected chi connectivity index (χ1v) is 17.6. The van der Waals surface area contributed by atoms with Gasteiger partial charge in [0.2, 0.25) is 0 Å². The minimum absolute atomic E-state index is 0.0227. The third-order valence-electron chi connectivity index (χ3n) is 9.41. The van der Waals surface area contributed by atoms with Gasteiger partial charge in [-0.3, -0.25) is 23.6 Å². The van der Waals surface area contributed by atoms with Crippen LogP contribution in [0.15, 0.2) is 53.6 Å². The van der Waals surface area contributed by atoms with Crippen LogP contribution in [0.25, 0.3) is 16.7 Å². The third-order valence-corrected chi connectivity index (χ3v) is 10.00. The van der Waals surface area contributed by atoms with Crippen molar-refractivity contribution in [2.45, 2.75) is 84.3 Å². The van der Waals surface area contributed by atoms with Crippen LogP contribution in [0.1, 0.15) is 73.6 Å². The average Bonchev–Trinajstić information content (AvgIpc) is 3.38. The lowest BCUT2D eigenvalue weighted by Gasteiger charge is -2.40. The minimum atomic E-state index is -1.21. The maximum Gasteiger partial charge on any atom is 0.410 e. The zero-order valence-electron chi connectivity index (χ0n) is 29.2. The van der Waals surface area contributed by atoms with E-state index in [2.05, 4.69) is 4.98 Å². The summed E-state index contributed by atoms with van der Waals surface area (Å²) < 4.78 is 14.8. The molecule has 2 aliphatic rings. The van der Waals surface area contributed by atoms with Gasteiger partial charge in [0.05, 0.1) is 53.4 Å². The highest BCUT2D eigenvalue weighted by Gasteiger charge is 2.37. The Bertz CT molecular complexity index is 2010. The first-order chi connectivity index (χ1) is 23.5. The summed E-state index contributed by atoms with van der Waals surface area (Å²) >= 11 is 13.1. The Balaban J connectivity index is 1.21. The van der Waals surface area contributed by atoms with Gasteiger partial charge in [-0.05, 0) is 101 Å². The van der Waals surface area contributed by atoms with Crippen molar-refractivity contribution >= 4 is 46.2 Å². The molecule has 2 saturated heterocycles. The first kappa shape index (κ1) is 35.9. The number of aryl methyl sites for hydroxylation is 2. The Hall–Kier alpha value is -3.90. The maximum atomic E-state index is 13.7. The number of hydrogen-bond donors (Lipinski definition) is 1. The summed E-state index contributed by atoms with van der Waals surface area (Å²) in [7, 11) is 0. The van der Waals surface area contributed by atoms with Crippen LogP contribution in [-0.2, 0) is 16.0 Å². The zero-order chi connectivity index (χ0) is 36.1. The number of fused-ring (bicyclic) bond motifs is 1. The molecule has 0 unspecified atom stereocenters. The molecular formula is C37H43Cl2N5O6. The number of aliphatic hydroxyl groups is 1. The van der Waals surface area contributed by atoms with Crippen LogP contribution in [0.2, 0.25) is 10.2 Å². The van der Waals surface area contributed by atoms with E-state index >= 15 is 0 Å². The fraction of sp³-hybridized carbons (Fsp3) is 0.459. The van der Waals surface area contributed by atoms with Gasteiger partial charge < -0.3 is 19.5 Å². The van der Waals surface area contributed by atoms with Crippen molar-refractivity contribution in [1.29, 1.82) is 0 Å². The number of carbonyl (C=O) groups is 2. The number of benzene rings is 2. The summed E-state index contributed by atoms with van der Waals surface area (Å²) in [5, 5.41) is 12.5. The van der Waals surface area contributed by atoms with Crippen molar-refractivity contribution in [2.24, 2.45) is 0 Å². The Morgan fingerprint density at radius 1 is 1.08 bits per heavy atom. The molecule has 0 bridgehead atoms. The van der Waals surface area contributed by atoms with Gasteiger partial charge in [0.1, 0.15) is 17.1 Å². The lowest BCUT2D eigenvalue weighted by Crippen LogP contribution is -2.49. The van der Waals surface area contributed by atoms with Crippen LogP contribution < -0.4 is 5.56 Å². The number of halogens is 2. The monoisotopic (exact) mass is 723 g/mol. The van der Waals surface area contributed by atoms with E-state index in [4.69, 9.17) is 32.7 Å². The standard InChI is InChI=1S/C37H43Cl2N5O6/c1-22-7-9-27(29(38)15-22)33(45)41-13-11-37(48,12-14-41)20-42-21-40-32-28(34(42)46)17-31(39)44(32)25-8-10-26(23(2)16-25)30-19-49-24(3)18-43(30)35(47)50-36(4,5)6/h7-10,15-17,21,24,30,48H,11-14,18-20H2,1-6H3/t24-,30-/m1/s1. The number of carbonyl (C=O) groups excluding carboxylic acids is 2. The van der Waals surface area contributed by atoms with Crippen molar-refractivity contribution in [3.05, 3.63) is 91.6 Å². The molecular weight excluding hydrogens is 681 g/mol. The van der Waals surface area contributed by atoms with Crippen molar-refractivity contribution in [3.8, 4) is 5.69 Å². The van der Waals surface area contributed by atoms with E-state index in [0.29, 0.717) is 58.7 Å². The van der Waals surface area contributed by atoms with E-state index in [1.54, 1.807) is 32.6 Å². The van der Waals surface area contributed by atoms with Crippen molar-refractivity contribution in [1.82, 2.24) is 23.9 Å². The van der Waals surface area contributed by atoms with Gasteiger partial charge in [0.15, 0.2) is 5.65 Å². The molecule has 0 saturated carbocycles. The molecule has 2 aromatic heterocycles. The van der Waals surface area contributed by atoms with Gasteiger partial charge in [-0.1, -0.05) is 35.3 Å². The summed E-state index contributed by atoms with van der Waals surface area (Å²) in [5.41, 5.74) is 2.13. The molecule has 0 aliphatic carbocycles. The molecule has 1 N–H and O–H groups in total. The molecule has 0 spiro atoms. The van der Waals surface area contributed by atoms with E-state index in [-0.39, 0.29) is 43.0 Å². The number of piperidine rings is 1. The van der Waals surface area contributed by atoms with E-state index in [9.17, 15) is 19.5 Å². The highest BCUT2D eigenvalue weighted by atomic mass is 35.5. The predicted molar refractivity (Wildman–Crippen MR) is 192 cm³/mol. The first-order valence-electron chi connectivity index (χ1n) is 16.8. The molecule has 2 atom stereocenters. The Morgan fingerprint density at radius 2 is 1.80 bits per heavy atom. The van der Waals surface area contributed by atoms with E-state index < -0.39 is 17.3 Å². The number of likely N-dealkylation sites (tertiary alicyclic amines) is 1. The molecule has 2 aliphatic heterocycles. The maximum absolute atomic E-state index is 13.7. The summed E-state index contributed by atoms with van der Waals surface area (Å²) in [6, 6.07) is 12.3. The predicted octanol–water partition coefficient (Wildman–Crippen LogP) is 6.48. The van der Waals surface area contributed by atoms with Crippen molar-refractivity contribution in [2.75, 3.05) is 26.2 Å². The van der Waals surface area contributed by atoms with Crippen LogP contribution in [0.4, 0.5) is 4.79 Å². The fourth-order valence-corrected chi connectivity index (χ4v) is 7.37. The molecule has 11 nitrogen and oxygen atoms in total. The van der Waals surface area contributed by atoms with Crippen LogP contribution >= 0.6 is 23.2 Å². The van der Waals surface area contributed by atoms with Gasteiger partial charge >= 0.3 is 6.09 Å². The molecule has 2 fully saturated rings. The lowest BCUT2D eigenvalue weighted by molar-refractivity contribution is -0.0645. The van der Waals surface area contributed by atoms with E-state index in [1.165, 1.54) is 10.9 Å². The van der Waals surface area contributed by atoms with Gasteiger partial charge in [-0.15, -0.1) is 0 Å². The largest absolute Gasteiger partial charge is 0.444 e. The van der Waals surface area contributed by atoms with E-state index in [1.807, 2.05) is 65.8 Å². The normalized spacial score (nSPS) is 19.5. The smallest absolute Gasteiger partial charge is 0.410 e.